The Morgan fingerprint density at radius 3 is 2.30 bits per heavy atom. The summed E-state index contributed by atoms with van der Waals surface area (Å²) in [4.78, 5) is 15.1. The Morgan fingerprint density at radius 1 is 0.926 bits per heavy atom. The van der Waals surface area contributed by atoms with Crippen LogP contribution in [-0.4, -0.2) is 29.1 Å². The molecule has 0 aromatic heterocycles. The van der Waals surface area contributed by atoms with Crippen molar-refractivity contribution in [2.24, 2.45) is 5.10 Å². The molecule has 1 saturated carbocycles. The molecule has 4 heteroatoms. The maximum absolute atomic E-state index is 13.0. The van der Waals surface area contributed by atoms with Crippen molar-refractivity contribution in [2.45, 2.75) is 51.1 Å². The van der Waals surface area contributed by atoms with Gasteiger partial charge in [-0.15, -0.1) is 0 Å². The standard InChI is InChI=1S/C23H27N3O/c27-23-22(16-17-25(23)20-12-6-2-7-13-20)24-26(21-14-8-3-9-15-21)18-19-10-4-1-5-11-19/h1,3-5,8-11,14-15,20H,2,6-7,12-13,16-18H2/b24-22-. The van der Waals surface area contributed by atoms with Gasteiger partial charge in [0.2, 0.25) is 0 Å². The fourth-order valence-corrected chi connectivity index (χ4v) is 4.12. The number of anilines is 1. The van der Waals surface area contributed by atoms with Crippen molar-refractivity contribution in [3.05, 3.63) is 66.2 Å². The maximum Gasteiger partial charge on any atom is 0.270 e. The number of amides is 1. The summed E-state index contributed by atoms with van der Waals surface area (Å²) in [5, 5.41) is 6.79. The van der Waals surface area contributed by atoms with Crippen LogP contribution in [0.1, 0.15) is 44.1 Å². The molecule has 2 aromatic rings. The van der Waals surface area contributed by atoms with Crippen LogP contribution in [0.4, 0.5) is 5.69 Å². The Bertz CT molecular complexity index is 782. The molecule has 1 aliphatic heterocycles. The quantitative estimate of drug-likeness (QED) is 0.729. The summed E-state index contributed by atoms with van der Waals surface area (Å²) in [7, 11) is 0. The number of nitrogens with zero attached hydrogens (tertiary/aromatic N) is 3. The molecule has 0 N–H and O–H groups in total. The van der Waals surface area contributed by atoms with E-state index in [9.17, 15) is 4.79 Å². The molecule has 1 heterocycles. The zero-order valence-electron chi connectivity index (χ0n) is 15.8. The zero-order chi connectivity index (χ0) is 18.5. The Balaban J connectivity index is 1.56. The molecule has 0 spiro atoms. The summed E-state index contributed by atoms with van der Waals surface area (Å²) in [6, 6.07) is 20.8. The van der Waals surface area contributed by atoms with Gasteiger partial charge in [0.25, 0.3) is 5.91 Å². The first kappa shape index (κ1) is 17.8. The molecule has 4 rings (SSSR count). The molecule has 2 aromatic carbocycles. The first-order valence-electron chi connectivity index (χ1n) is 10.1. The minimum Gasteiger partial charge on any atom is -0.334 e. The number of rotatable bonds is 5. The molecule has 0 bridgehead atoms. The molecule has 0 radical (unpaired) electrons. The van der Waals surface area contributed by atoms with Gasteiger partial charge in [0, 0.05) is 19.0 Å². The molecule has 1 amide bonds. The first-order chi connectivity index (χ1) is 13.3. The second-order valence-electron chi connectivity index (χ2n) is 7.47. The third-order valence-corrected chi connectivity index (χ3v) is 5.58. The van der Waals surface area contributed by atoms with Crippen LogP contribution < -0.4 is 5.01 Å². The van der Waals surface area contributed by atoms with E-state index in [1.54, 1.807) is 0 Å². The number of benzene rings is 2. The van der Waals surface area contributed by atoms with Gasteiger partial charge in [-0.1, -0.05) is 67.8 Å². The summed E-state index contributed by atoms with van der Waals surface area (Å²) in [6.45, 7) is 1.47. The molecular formula is C23H27N3O. The Labute approximate surface area is 161 Å². The molecule has 27 heavy (non-hydrogen) atoms. The highest BCUT2D eigenvalue weighted by Gasteiger charge is 2.34. The lowest BCUT2D eigenvalue weighted by Gasteiger charge is -2.30. The largest absolute Gasteiger partial charge is 0.334 e. The summed E-state index contributed by atoms with van der Waals surface area (Å²) in [5.41, 5.74) is 2.89. The predicted molar refractivity (Wildman–Crippen MR) is 110 cm³/mol. The monoisotopic (exact) mass is 361 g/mol. The van der Waals surface area contributed by atoms with E-state index in [2.05, 4.69) is 17.0 Å². The summed E-state index contributed by atoms with van der Waals surface area (Å²) in [6.07, 6.45) is 6.82. The molecule has 140 valence electrons. The summed E-state index contributed by atoms with van der Waals surface area (Å²) in [5.74, 6) is 0.135. The average Bonchev–Trinajstić information content (AvgIpc) is 3.10. The maximum atomic E-state index is 13.0. The van der Waals surface area contributed by atoms with Crippen molar-refractivity contribution in [3.8, 4) is 0 Å². The van der Waals surface area contributed by atoms with Gasteiger partial charge in [-0.2, -0.15) is 5.10 Å². The number of carbonyl (C=O) groups excluding carboxylic acids is 1. The molecule has 2 fully saturated rings. The molecule has 1 saturated heterocycles. The van der Waals surface area contributed by atoms with Crippen LogP contribution in [0.3, 0.4) is 0 Å². The minimum atomic E-state index is 0.135. The van der Waals surface area contributed by atoms with Crippen molar-refractivity contribution in [1.82, 2.24) is 4.90 Å². The van der Waals surface area contributed by atoms with Crippen molar-refractivity contribution in [1.29, 1.82) is 0 Å². The van der Waals surface area contributed by atoms with Gasteiger partial charge in [0.1, 0.15) is 5.71 Å². The van der Waals surface area contributed by atoms with Crippen molar-refractivity contribution in [2.75, 3.05) is 11.6 Å². The van der Waals surface area contributed by atoms with Crippen LogP contribution in [-0.2, 0) is 11.3 Å². The molecular weight excluding hydrogens is 334 g/mol. The number of carbonyl (C=O) groups is 1. The highest BCUT2D eigenvalue weighted by Crippen LogP contribution is 2.26. The Hall–Kier alpha value is -2.62. The minimum absolute atomic E-state index is 0.135. The van der Waals surface area contributed by atoms with E-state index in [0.717, 1.165) is 31.5 Å². The van der Waals surface area contributed by atoms with Crippen LogP contribution in [0.25, 0.3) is 0 Å². The first-order valence-corrected chi connectivity index (χ1v) is 10.1. The van der Waals surface area contributed by atoms with Gasteiger partial charge < -0.3 is 4.90 Å². The van der Waals surface area contributed by atoms with E-state index in [4.69, 9.17) is 5.10 Å². The van der Waals surface area contributed by atoms with E-state index in [1.165, 1.54) is 24.8 Å². The molecule has 0 unspecified atom stereocenters. The predicted octanol–water partition coefficient (Wildman–Crippen LogP) is 4.61. The van der Waals surface area contributed by atoms with Gasteiger partial charge in [-0.25, -0.2) is 0 Å². The number of hydrogen-bond acceptors (Lipinski definition) is 3. The van der Waals surface area contributed by atoms with E-state index in [1.807, 2.05) is 53.5 Å². The van der Waals surface area contributed by atoms with Crippen LogP contribution >= 0.6 is 0 Å². The number of hydrazone groups is 1. The van der Waals surface area contributed by atoms with Crippen LogP contribution in [0.15, 0.2) is 65.8 Å². The highest BCUT2D eigenvalue weighted by molar-refractivity contribution is 6.40. The lowest BCUT2D eigenvalue weighted by atomic mass is 9.94. The van der Waals surface area contributed by atoms with Gasteiger partial charge in [0.05, 0.1) is 12.2 Å². The van der Waals surface area contributed by atoms with Gasteiger partial charge in [-0.3, -0.25) is 9.80 Å². The normalized spacial score (nSPS) is 19.6. The lowest BCUT2D eigenvalue weighted by Crippen LogP contribution is -2.39. The van der Waals surface area contributed by atoms with Gasteiger partial charge in [-0.05, 0) is 30.5 Å². The lowest BCUT2D eigenvalue weighted by molar-refractivity contribution is -0.125. The second kappa shape index (κ2) is 8.38. The van der Waals surface area contributed by atoms with Crippen LogP contribution in [0, 0.1) is 0 Å². The van der Waals surface area contributed by atoms with Crippen molar-refractivity contribution < 1.29 is 4.79 Å². The molecule has 1 aliphatic carbocycles. The third kappa shape index (κ3) is 4.21. The molecule has 4 nitrogen and oxygen atoms in total. The fourth-order valence-electron chi connectivity index (χ4n) is 4.12. The van der Waals surface area contributed by atoms with E-state index in [0.29, 0.717) is 18.3 Å². The number of hydrogen-bond donors (Lipinski definition) is 0. The van der Waals surface area contributed by atoms with Crippen molar-refractivity contribution >= 4 is 17.3 Å². The summed E-state index contributed by atoms with van der Waals surface area (Å²) >= 11 is 0. The van der Waals surface area contributed by atoms with E-state index in [-0.39, 0.29) is 5.91 Å². The Kier molecular flexibility index (Phi) is 5.52. The van der Waals surface area contributed by atoms with E-state index >= 15 is 0 Å². The van der Waals surface area contributed by atoms with Gasteiger partial charge >= 0.3 is 0 Å². The number of likely N-dealkylation sites (tertiary alicyclic amines) is 1. The SMILES string of the molecule is O=C1/C(=N\N(Cc2ccccc2)c2ccccc2)CCN1C1CCCCC1. The second-order valence-corrected chi connectivity index (χ2v) is 7.47. The molecule has 0 atom stereocenters. The highest BCUT2D eigenvalue weighted by atomic mass is 16.2. The van der Waals surface area contributed by atoms with Crippen LogP contribution in [0.5, 0.6) is 0 Å². The summed E-state index contributed by atoms with van der Waals surface area (Å²) < 4.78 is 0. The third-order valence-electron chi connectivity index (χ3n) is 5.58. The van der Waals surface area contributed by atoms with Crippen LogP contribution in [0.2, 0.25) is 0 Å². The van der Waals surface area contributed by atoms with Gasteiger partial charge in [0.15, 0.2) is 0 Å². The van der Waals surface area contributed by atoms with E-state index < -0.39 is 0 Å². The average molecular weight is 361 g/mol. The molecule has 2 aliphatic rings. The number of para-hydroxylation sites is 1. The topological polar surface area (TPSA) is 35.9 Å². The Morgan fingerprint density at radius 2 is 1.59 bits per heavy atom. The van der Waals surface area contributed by atoms with Crippen molar-refractivity contribution in [3.63, 3.8) is 0 Å². The smallest absolute Gasteiger partial charge is 0.270 e. The fraction of sp³-hybridized carbons (Fsp3) is 0.391. The zero-order valence-corrected chi connectivity index (χ0v) is 15.8.